The summed E-state index contributed by atoms with van der Waals surface area (Å²) >= 11 is 0. The summed E-state index contributed by atoms with van der Waals surface area (Å²) in [7, 11) is 0. The SMILES string of the molecule is CC(=O)Oc1ccc(-c2ccc(C)cc2)c(C(=O)Nc2c(F)c(F)c(C(F)(F)F)c(F)c2F)c1. The first-order valence-corrected chi connectivity index (χ1v) is 9.45. The van der Waals surface area contributed by atoms with E-state index in [1.54, 1.807) is 36.5 Å². The topological polar surface area (TPSA) is 55.4 Å². The first-order chi connectivity index (χ1) is 15.8. The van der Waals surface area contributed by atoms with Gasteiger partial charge in [-0.2, -0.15) is 13.2 Å². The molecular formula is C23H14F7NO3. The van der Waals surface area contributed by atoms with Crippen LogP contribution in [0.5, 0.6) is 5.75 Å². The molecule has 1 amide bonds. The van der Waals surface area contributed by atoms with Crippen molar-refractivity contribution in [3.05, 3.63) is 82.4 Å². The van der Waals surface area contributed by atoms with E-state index < -0.39 is 52.6 Å². The number of ether oxygens (including phenoxy) is 1. The Hall–Kier alpha value is -3.89. The van der Waals surface area contributed by atoms with Crippen LogP contribution in [-0.2, 0) is 11.0 Å². The lowest BCUT2D eigenvalue weighted by Gasteiger charge is -2.16. The molecule has 1 N–H and O–H groups in total. The normalized spacial score (nSPS) is 11.3. The number of nitrogens with one attached hydrogen (secondary N) is 1. The maximum atomic E-state index is 14.3. The lowest BCUT2D eigenvalue weighted by molar-refractivity contribution is -0.143. The Labute approximate surface area is 188 Å². The Bertz CT molecular complexity index is 1260. The van der Waals surface area contributed by atoms with Gasteiger partial charge < -0.3 is 10.1 Å². The van der Waals surface area contributed by atoms with Crippen LogP contribution in [0.3, 0.4) is 0 Å². The number of halogens is 7. The number of aryl methyl sites for hydroxylation is 1. The monoisotopic (exact) mass is 485 g/mol. The van der Waals surface area contributed by atoms with Crippen LogP contribution in [0.2, 0.25) is 0 Å². The molecule has 0 saturated carbocycles. The molecule has 3 aromatic carbocycles. The molecule has 0 aliphatic heterocycles. The molecule has 0 radical (unpaired) electrons. The van der Waals surface area contributed by atoms with Crippen LogP contribution in [0.25, 0.3) is 11.1 Å². The first kappa shape index (κ1) is 24.7. The fourth-order valence-electron chi connectivity index (χ4n) is 3.10. The second-order valence-electron chi connectivity index (χ2n) is 7.12. The van der Waals surface area contributed by atoms with Gasteiger partial charge in [-0.15, -0.1) is 0 Å². The number of carbonyl (C=O) groups excluding carboxylic acids is 2. The summed E-state index contributed by atoms with van der Waals surface area (Å²) < 4.78 is 99.7. The van der Waals surface area contributed by atoms with Gasteiger partial charge in [-0.1, -0.05) is 29.8 Å². The molecule has 0 fully saturated rings. The maximum absolute atomic E-state index is 14.3. The highest BCUT2D eigenvalue weighted by Crippen LogP contribution is 2.39. The zero-order valence-corrected chi connectivity index (χ0v) is 17.4. The third kappa shape index (κ3) is 4.87. The Morgan fingerprint density at radius 3 is 1.91 bits per heavy atom. The van der Waals surface area contributed by atoms with Crippen molar-refractivity contribution in [3.8, 4) is 16.9 Å². The average molecular weight is 485 g/mol. The van der Waals surface area contributed by atoms with Crippen LogP contribution in [0, 0.1) is 30.2 Å². The van der Waals surface area contributed by atoms with Gasteiger partial charge in [0.15, 0.2) is 23.3 Å². The van der Waals surface area contributed by atoms with Gasteiger partial charge in [0, 0.05) is 6.92 Å². The Morgan fingerprint density at radius 2 is 1.41 bits per heavy atom. The molecule has 34 heavy (non-hydrogen) atoms. The van der Waals surface area contributed by atoms with Gasteiger partial charge in [-0.25, -0.2) is 17.6 Å². The molecule has 178 valence electrons. The first-order valence-electron chi connectivity index (χ1n) is 9.45. The lowest BCUT2D eigenvalue weighted by atomic mass is 9.97. The summed E-state index contributed by atoms with van der Waals surface area (Å²) in [5, 5.41) is 1.58. The molecule has 11 heteroatoms. The van der Waals surface area contributed by atoms with E-state index in [9.17, 15) is 40.3 Å². The van der Waals surface area contributed by atoms with E-state index >= 15 is 0 Å². The summed E-state index contributed by atoms with van der Waals surface area (Å²) in [4.78, 5) is 24.1. The highest BCUT2D eigenvalue weighted by molar-refractivity contribution is 6.09. The standard InChI is InChI=1S/C23H14F7NO3/c1-10-3-5-12(6-4-10)14-8-7-13(34-11(2)32)9-15(14)22(33)31-21-19(26)17(24)16(23(28,29)30)18(25)20(21)27/h3-9H,1-2H3,(H,31,33). The van der Waals surface area contributed by atoms with Crippen LogP contribution in [0.4, 0.5) is 36.4 Å². The van der Waals surface area contributed by atoms with Crippen molar-refractivity contribution in [2.45, 2.75) is 20.0 Å². The molecule has 0 spiro atoms. The molecule has 3 aromatic rings. The molecule has 0 aliphatic rings. The molecule has 0 unspecified atom stereocenters. The van der Waals surface area contributed by atoms with Gasteiger partial charge >= 0.3 is 12.1 Å². The van der Waals surface area contributed by atoms with E-state index in [4.69, 9.17) is 4.74 Å². The zero-order chi connectivity index (χ0) is 25.4. The minimum absolute atomic E-state index is 0.140. The van der Waals surface area contributed by atoms with Crippen LogP contribution in [-0.4, -0.2) is 11.9 Å². The van der Waals surface area contributed by atoms with E-state index in [-0.39, 0.29) is 16.9 Å². The Morgan fingerprint density at radius 1 is 0.853 bits per heavy atom. The van der Waals surface area contributed by atoms with Crippen molar-refractivity contribution in [2.24, 2.45) is 0 Å². The smallest absolute Gasteiger partial charge is 0.422 e. The minimum Gasteiger partial charge on any atom is -0.427 e. The second-order valence-corrected chi connectivity index (χ2v) is 7.12. The van der Waals surface area contributed by atoms with E-state index in [0.29, 0.717) is 5.56 Å². The number of hydrogen-bond acceptors (Lipinski definition) is 3. The van der Waals surface area contributed by atoms with Crippen molar-refractivity contribution in [1.82, 2.24) is 0 Å². The lowest BCUT2D eigenvalue weighted by Crippen LogP contribution is -2.21. The number of hydrogen-bond donors (Lipinski definition) is 1. The number of anilines is 1. The fourth-order valence-corrected chi connectivity index (χ4v) is 3.10. The van der Waals surface area contributed by atoms with E-state index in [2.05, 4.69) is 0 Å². The van der Waals surface area contributed by atoms with Gasteiger partial charge in [-0.3, -0.25) is 9.59 Å². The summed E-state index contributed by atoms with van der Waals surface area (Å²) in [5.41, 5.74) is -3.38. The number of benzene rings is 3. The van der Waals surface area contributed by atoms with Crippen LogP contribution >= 0.6 is 0 Å². The third-order valence-electron chi connectivity index (χ3n) is 4.65. The number of carbonyl (C=O) groups is 2. The number of alkyl halides is 3. The summed E-state index contributed by atoms with van der Waals surface area (Å²) in [6, 6.07) is 10.3. The largest absolute Gasteiger partial charge is 0.427 e. The predicted octanol–water partition coefficient (Wildman–Crippen LogP) is 6.41. The zero-order valence-electron chi connectivity index (χ0n) is 17.4. The average Bonchev–Trinajstić information content (AvgIpc) is 2.74. The summed E-state index contributed by atoms with van der Waals surface area (Å²) in [6.07, 6.45) is -5.73. The molecule has 4 nitrogen and oxygen atoms in total. The van der Waals surface area contributed by atoms with Crippen molar-refractivity contribution < 1.29 is 45.1 Å². The third-order valence-corrected chi connectivity index (χ3v) is 4.65. The van der Waals surface area contributed by atoms with Crippen LogP contribution in [0.1, 0.15) is 28.4 Å². The summed E-state index contributed by atoms with van der Waals surface area (Å²) in [5.74, 6) is -12.5. The van der Waals surface area contributed by atoms with Gasteiger partial charge in [0.25, 0.3) is 5.91 Å². The van der Waals surface area contributed by atoms with E-state index in [1.807, 2.05) is 0 Å². The second kappa shape index (κ2) is 9.16. The van der Waals surface area contributed by atoms with Crippen molar-refractivity contribution in [2.75, 3.05) is 5.32 Å². The highest BCUT2D eigenvalue weighted by atomic mass is 19.4. The van der Waals surface area contributed by atoms with Gasteiger partial charge in [-0.05, 0) is 36.2 Å². The van der Waals surface area contributed by atoms with E-state index in [1.165, 1.54) is 12.1 Å². The molecule has 0 heterocycles. The molecule has 0 atom stereocenters. The highest BCUT2D eigenvalue weighted by Gasteiger charge is 2.42. The van der Waals surface area contributed by atoms with Crippen molar-refractivity contribution >= 4 is 17.6 Å². The van der Waals surface area contributed by atoms with Crippen molar-refractivity contribution in [3.63, 3.8) is 0 Å². The number of esters is 1. The molecule has 0 aliphatic carbocycles. The molecule has 0 aromatic heterocycles. The molecule has 3 rings (SSSR count). The molecule has 0 bridgehead atoms. The van der Waals surface area contributed by atoms with Gasteiger partial charge in [0.1, 0.15) is 17.0 Å². The molecular weight excluding hydrogens is 471 g/mol. The van der Waals surface area contributed by atoms with Crippen LogP contribution in [0.15, 0.2) is 42.5 Å². The fraction of sp³-hybridized carbons (Fsp3) is 0.130. The van der Waals surface area contributed by atoms with Crippen LogP contribution < -0.4 is 10.1 Å². The quantitative estimate of drug-likeness (QED) is 0.201. The Kier molecular flexibility index (Phi) is 6.67. The Balaban J connectivity index is 2.13. The number of amides is 1. The molecule has 0 saturated heterocycles. The minimum atomic E-state index is -5.73. The maximum Gasteiger partial charge on any atom is 0.422 e. The predicted molar refractivity (Wildman–Crippen MR) is 107 cm³/mol. The summed E-state index contributed by atoms with van der Waals surface area (Å²) in [6.45, 7) is 2.87. The number of rotatable bonds is 4. The van der Waals surface area contributed by atoms with Gasteiger partial charge in [0.05, 0.1) is 5.56 Å². The van der Waals surface area contributed by atoms with Crippen molar-refractivity contribution in [1.29, 1.82) is 0 Å². The van der Waals surface area contributed by atoms with E-state index in [0.717, 1.165) is 18.6 Å². The van der Waals surface area contributed by atoms with Gasteiger partial charge in [0.2, 0.25) is 0 Å².